The molecule has 1 aliphatic rings. The van der Waals surface area contributed by atoms with Gasteiger partial charge in [-0.25, -0.2) is 0 Å². The molecule has 9 nitrogen and oxygen atoms in total. The van der Waals surface area contributed by atoms with Gasteiger partial charge in [-0.3, -0.25) is 9.59 Å². The molecule has 9 heteroatoms. The van der Waals surface area contributed by atoms with Crippen LogP contribution in [-0.4, -0.2) is 46.0 Å². The van der Waals surface area contributed by atoms with E-state index in [2.05, 4.69) is 10.6 Å². The summed E-state index contributed by atoms with van der Waals surface area (Å²) in [7, 11) is 4.41. The molecule has 0 unspecified atom stereocenters. The van der Waals surface area contributed by atoms with Crippen molar-refractivity contribution in [3.63, 3.8) is 0 Å². The van der Waals surface area contributed by atoms with Crippen LogP contribution in [0.5, 0.6) is 28.7 Å². The van der Waals surface area contributed by atoms with E-state index in [9.17, 15) is 9.59 Å². The highest BCUT2D eigenvalue weighted by molar-refractivity contribution is 5.98. The first-order chi connectivity index (χ1) is 14.5. The summed E-state index contributed by atoms with van der Waals surface area (Å²) in [5.74, 6) is 1.63. The molecule has 0 saturated carbocycles. The number of ether oxygens (including phenoxy) is 5. The number of rotatable bonds is 8. The van der Waals surface area contributed by atoms with Gasteiger partial charge in [-0.15, -0.1) is 0 Å². The van der Waals surface area contributed by atoms with Crippen molar-refractivity contribution < 1.29 is 33.3 Å². The van der Waals surface area contributed by atoms with Crippen molar-refractivity contribution in [1.82, 2.24) is 10.6 Å². The van der Waals surface area contributed by atoms with E-state index in [1.54, 1.807) is 13.0 Å². The Morgan fingerprint density at radius 2 is 1.67 bits per heavy atom. The molecule has 0 aromatic heterocycles. The number of fused-ring (bicyclic) bond motifs is 1. The lowest BCUT2D eigenvalue weighted by molar-refractivity contribution is -0.122. The number of methoxy groups -OCH3 is 3. The predicted molar refractivity (Wildman–Crippen MR) is 107 cm³/mol. The molecular formula is C21H24N2O7. The van der Waals surface area contributed by atoms with E-state index in [4.69, 9.17) is 23.7 Å². The largest absolute Gasteiger partial charge is 0.493 e. The summed E-state index contributed by atoms with van der Waals surface area (Å²) in [5.41, 5.74) is 1.13. The number of benzene rings is 2. The monoisotopic (exact) mass is 416 g/mol. The zero-order valence-electron chi connectivity index (χ0n) is 17.2. The van der Waals surface area contributed by atoms with Gasteiger partial charge in [-0.2, -0.15) is 0 Å². The quantitative estimate of drug-likeness (QED) is 0.677. The molecule has 1 atom stereocenters. The molecule has 0 spiro atoms. The Morgan fingerprint density at radius 1 is 1.00 bits per heavy atom. The second-order valence-electron chi connectivity index (χ2n) is 6.51. The van der Waals surface area contributed by atoms with E-state index in [0.717, 1.165) is 5.56 Å². The minimum atomic E-state index is -0.759. The number of carbonyl (C=O) groups excluding carboxylic acids is 2. The molecule has 160 valence electrons. The van der Waals surface area contributed by atoms with Crippen LogP contribution in [-0.2, 0) is 11.3 Å². The third-order valence-electron chi connectivity index (χ3n) is 4.57. The Labute approximate surface area is 174 Å². The molecule has 0 saturated heterocycles. The fourth-order valence-electron chi connectivity index (χ4n) is 2.95. The SMILES string of the molecule is COc1cc(C(=O)N[C@@H](C)C(=O)NCc2ccc3c(c2)OCO3)cc(OC)c1OC. The fraction of sp³-hybridized carbons (Fsp3) is 0.333. The molecular weight excluding hydrogens is 392 g/mol. The summed E-state index contributed by atoms with van der Waals surface area (Å²) in [4.78, 5) is 25.0. The van der Waals surface area contributed by atoms with Crippen LogP contribution in [0, 0.1) is 0 Å². The maximum absolute atomic E-state index is 12.6. The molecule has 0 fully saturated rings. The van der Waals surface area contributed by atoms with E-state index in [-0.39, 0.29) is 18.3 Å². The first kappa shape index (κ1) is 21.1. The molecule has 2 amide bonds. The summed E-state index contributed by atoms with van der Waals surface area (Å²) in [6.07, 6.45) is 0. The van der Waals surface area contributed by atoms with Crippen molar-refractivity contribution in [3.8, 4) is 28.7 Å². The Bertz CT molecular complexity index is 920. The van der Waals surface area contributed by atoms with E-state index < -0.39 is 11.9 Å². The van der Waals surface area contributed by atoms with Crippen LogP contribution in [0.15, 0.2) is 30.3 Å². The first-order valence-electron chi connectivity index (χ1n) is 9.24. The average Bonchev–Trinajstić information content (AvgIpc) is 3.23. The maximum Gasteiger partial charge on any atom is 0.252 e. The topological polar surface area (TPSA) is 104 Å². The molecule has 30 heavy (non-hydrogen) atoms. The van der Waals surface area contributed by atoms with Crippen molar-refractivity contribution in [2.45, 2.75) is 19.5 Å². The van der Waals surface area contributed by atoms with Crippen molar-refractivity contribution in [1.29, 1.82) is 0 Å². The summed E-state index contributed by atoms with van der Waals surface area (Å²) in [6.45, 7) is 2.08. The molecule has 0 radical (unpaired) electrons. The van der Waals surface area contributed by atoms with Gasteiger partial charge < -0.3 is 34.3 Å². The lowest BCUT2D eigenvalue weighted by atomic mass is 10.1. The van der Waals surface area contributed by atoms with Gasteiger partial charge in [0.05, 0.1) is 21.3 Å². The summed E-state index contributed by atoms with van der Waals surface area (Å²) in [5, 5.41) is 5.46. The molecule has 2 aromatic carbocycles. The van der Waals surface area contributed by atoms with Crippen molar-refractivity contribution in [2.75, 3.05) is 28.1 Å². The highest BCUT2D eigenvalue weighted by atomic mass is 16.7. The number of nitrogens with one attached hydrogen (secondary N) is 2. The van der Waals surface area contributed by atoms with Crippen molar-refractivity contribution in [2.24, 2.45) is 0 Å². The van der Waals surface area contributed by atoms with Gasteiger partial charge in [0.25, 0.3) is 5.91 Å². The highest BCUT2D eigenvalue weighted by Crippen LogP contribution is 2.38. The van der Waals surface area contributed by atoms with Gasteiger partial charge in [0.2, 0.25) is 18.4 Å². The molecule has 2 aromatic rings. The zero-order chi connectivity index (χ0) is 21.7. The zero-order valence-corrected chi connectivity index (χ0v) is 17.2. The van der Waals surface area contributed by atoms with E-state index in [0.29, 0.717) is 35.3 Å². The Hall–Kier alpha value is -3.62. The average molecular weight is 416 g/mol. The normalized spacial score (nSPS) is 12.7. The van der Waals surface area contributed by atoms with Gasteiger partial charge in [0, 0.05) is 12.1 Å². The van der Waals surface area contributed by atoms with Crippen LogP contribution in [0.2, 0.25) is 0 Å². The van der Waals surface area contributed by atoms with E-state index in [1.165, 1.54) is 33.5 Å². The van der Waals surface area contributed by atoms with Crippen molar-refractivity contribution in [3.05, 3.63) is 41.5 Å². The summed E-state index contributed by atoms with van der Waals surface area (Å²) in [6, 6.07) is 7.72. The molecule has 3 rings (SSSR count). The molecule has 1 heterocycles. The second-order valence-corrected chi connectivity index (χ2v) is 6.51. The molecule has 0 bridgehead atoms. The van der Waals surface area contributed by atoms with Crippen LogP contribution < -0.4 is 34.3 Å². The fourth-order valence-corrected chi connectivity index (χ4v) is 2.95. The summed E-state index contributed by atoms with van der Waals surface area (Å²) < 4.78 is 26.4. The highest BCUT2D eigenvalue weighted by Gasteiger charge is 2.21. The van der Waals surface area contributed by atoms with Gasteiger partial charge in [-0.05, 0) is 36.8 Å². The van der Waals surface area contributed by atoms with Crippen molar-refractivity contribution >= 4 is 11.8 Å². The third-order valence-corrected chi connectivity index (χ3v) is 4.57. The van der Waals surface area contributed by atoms with Crippen LogP contribution >= 0.6 is 0 Å². The molecule has 1 aliphatic heterocycles. The Morgan fingerprint density at radius 3 is 2.30 bits per heavy atom. The first-order valence-corrected chi connectivity index (χ1v) is 9.24. The van der Waals surface area contributed by atoms with Gasteiger partial charge in [0.15, 0.2) is 23.0 Å². The maximum atomic E-state index is 12.6. The third kappa shape index (κ3) is 4.51. The smallest absolute Gasteiger partial charge is 0.252 e. The lowest BCUT2D eigenvalue weighted by Gasteiger charge is -2.16. The molecule has 2 N–H and O–H groups in total. The predicted octanol–water partition coefficient (Wildman–Crippen LogP) is 1.88. The second kappa shape index (κ2) is 9.25. The number of amides is 2. The standard InChI is InChI=1S/C21H24N2O7/c1-12(20(24)22-10-13-5-6-15-16(7-13)30-11-29-15)23-21(25)14-8-17(26-2)19(28-4)18(9-14)27-3/h5-9,12H,10-11H2,1-4H3,(H,22,24)(H,23,25)/t12-/m0/s1. The lowest BCUT2D eigenvalue weighted by Crippen LogP contribution is -2.44. The van der Waals surface area contributed by atoms with Gasteiger partial charge in [0.1, 0.15) is 6.04 Å². The van der Waals surface area contributed by atoms with Crippen LogP contribution in [0.4, 0.5) is 0 Å². The minimum Gasteiger partial charge on any atom is -0.493 e. The van der Waals surface area contributed by atoms with Crippen LogP contribution in [0.1, 0.15) is 22.8 Å². The summed E-state index contributed by atoms with van der Waals surface area (Å²) >= 11 is 0. The van der Waals surface area contributed by atoms with E-state index >= 15 is 0 Å². The van der Waals surface area contributed by atoms with Gasteiger partial charge >= 0.3 is 0 Å². The molecule has 0 aliphatic carbocycles. The minimum absolute atomic E-state index is 0.190. The number of hydrogen-bond donors (Lipinski definition) is 2. The van der Waals surface area contributed by atoms with Crippen LogP contribution in [0.3, 0.4) is 0 Å². The Balaban J connectivity index is 1.61. The van der Waals surface area contributed by atoms with E-state index in [1.807, 2.05) is 12.1 Å². The number of hydrogen-bond acceptors (Lipinski definition) is 7. The number of carbonyl (C=O) groups is 2. The Kier molecular flexibility index (Phi) is 6.51. The van der Waals surface area contributed by atoms with Gasteiger partial charge in [-0.1, -0.05) is 6.07 Å². The van der Waals surface area contributed by atoms with Crippen LogP contribution in [0.25, 0.3) is 0 Å².